The Hall–Kier alpha value is -1.33. The molecular weight excluding hydrogens is 280 g/mol. The molecule has 0 aliphatic carbocycles. The number of nitrogens with two attached hydrogens (primary N) is 1. The first kappa shape index (κ1) is 20.7. The molecule has 6 heteroatoms. The van der Waals surface area contributed by atoms with Gasteiger partial charge in [-0.3, -0.25) is 10.2 Å². The van der Waals surface area contributed by atoms with Crippen LogP contribution in [0, 0.1) is 0 Å². The van der Waals surface area contributed by atoms with E-state index in [0.29, 0.717) is 6.42 Å². The number of carboxylic acids is 1. The molecule has 0 atom stereocenters. The fourth-order valence-corrected chi connectivity index (χ4v) is 2.52. The van der Waals surface area contributed by atoms with Crippen LogP contribution in [0.3, 0.4) is 0 Å². The van der Waals surface area contributed by atoms with Crippen molar-refractivity contribution in [1.82, 2.24) is 5.43 Å². The van der Waals surface area contributed by atoms with Crippen molar-refractivity contribution in [1.29, 1.82) is 0 Å². The maximum atomic E-state index is 10.3. The van der Waals surface area contributed by atoms with Crippen LogP contribution in [0.4, 0.5) is 0 Å². The number of aliphatic carboxylic acids is 1. The molecule has 0 rings (SSSR count). The van der Waals surface area contributed by atoms with Gasteiger partial charge in [0.05, 0.1) is 0 Å². The van der Waals surface area contributed by atoms with Crippen LogP contribution >= 0.6 is 0 Å². The second-order valence-electron chi connectivity index (χ2n) is 5.86. The molecule has 0 unspecified atom stereocenters. The topological polar surface area (TPSA) is 100 Å². The fraction of sp³-hybridized carbons (Fsp3) is 0.938. The maximum absolute atomic E-state index is 10.3. The van der Waals surface area contributed by atoms with Crippen LogP contribution in [-0.4, -0.2) is 17.6 Å². The van der Waals surface area contributed by atoms with Gasteiger partial charge in [-0.05, 0) is 12.8 Å². The van der Waals surface area contributed by atoms with Gasteiger partial charge in [-0.1, -0.05) is 81.1 Å². The van der Waals surface area contributed by atoms with Crippen molar-refractivity contribution >= 4 is 5.97 Å². The van der Waals surface area contributed by atoms with Crippen LogP contribution in [-0.2, 0) is 4.79 Å². The second-order valence-corrected chi connectivity index (χ2v) is 5.86. The molecule has 0 spiro atoms. The summed E-state index contributed by atoms with van der Waals surface area (Å²) in [7, 11) is 0. The summed E-state index contributed by atoms with van der Waals surface area (Å²) < 4.78 is 0. The largest absolute Gasteiger partial charge is 0.481 e. The van der Waals surface area contributed by atoms with E-state index >= 15 is 0 Å². The third-order valence-corrected chi connectivity index (χ3v) is 3.81. The number of carbonyl (C=O) groups is 1. The van der Waals surface area contributed by atoms with Crippen molar-refractivity contribution in [3.8, 4) is 0 Å². The van der Waals surface area contributed by atoms with Gasteiger partial charge in [-0.25, -0.2) is 0 Å². The van der Waals surface area contributed by atoms with Crippen molar-refractivity contribution in [3.05, 3.63) is 0 Å². The van der Waals surface area contributed by atoms with Gasteiger partial charge >= 0.3 is 5.97 Å². The lowest BCUT2D eigenvalue weighted by atomic mass is 10.0. The first-order valence-corrected chi connectivity index (χ1v) is 8.82. The summed E-state index contributed by atoms with van der Waals surface area (Å²) in [5.74, 6) is 4.21. The molecule has 6 nitrogen and oxygen atoms in total. The Morgan fingerprint density at radius 2 is 1.18 bits per heavy atom. The molecule has 0 aromatic heterocycles. The minimum absolute atomic E-state index is 0.327. The van der Waals surface area contributed by atoms with E-state index < -0.39 is 5.97 Å². The number of carboxylic acid groups (broad SMARTS) is 1. The van der Waals surface area contributed by atoms with Crippen molar-refractivity contribution in [2.75, 3.05) is 6.54 Å². The normalized spacial score (nSPS) is 11.1. The lowest BCUT2D eigenvalue weighted by molar-refractivity contribution is -0.137. The van der Waals surface area contributed by atoms with Crippen molar-refractivity contribution in [2.45, 2.75) is 89.9 Å². The van der Waals surface area contributed by atoms with E-state index in [9.17, 15) is 4.79 Å². The highest BCUT2D eigenvalue weighted by atomic mass is 16.4. The number of hydrogen-bond acceptors (Lipinski definition) is 3. The van der Waals surface area contributed by atoms with E-state index in [2.05, 4.69) is 15.9 Å². The highest BCUT2D eigenvalue weighted by Gasteiger charge is 1.97. The minimum atomic E-state index is -0.669. The minimum Gasteiger partial charge on any atom is -0.481 e. The van der Waals surface area contributed by atoms with Crippen LogP contribution in [0.15, 0.2) is 10.4 Å². The zero-order valence-corrected chi connectivity index (χ0v) is 13.9. The molecule has 22 heavy (non-hydrogen) atoms. The van der Waals surface area contributed by atoms with E-state index in [1.165, 1.54) is 64.2 Å². The van der Waals surface area contributed by atoms with Gasteiger partial charge in [0.2, 0.25) is 0 Å². The summed E-state index contributed by atoms with van der Waals surface area (Å²) in [6.45, 7) is 0.854. The highest BCUT2D eigenvalue weighted by Crippen LogP contribution is 2.12. The van der Waals surface area contributed by atoms with Gasteiger partial charge in [0.15, 0.2) is 0 Å². The van der Waals surface area contributed by atoms with Gasteiger partial charge in [0.1, 0.15) is 0 Å². The third kappa shape index (κ3) is 18.7. The summed E-state index contributed by atoms with van der Waals surface area (Å²) in [5.41, 5.74) is 2.79. The highest BCUT2D eigenvalue weighted by molar-refractivity contribution is 5.66. The summed E-state index contributed by atoms with van der Waals surface area (Å²) in [4.78, 5) is 10.3. The molecule has 0 saturated heterocycles. The number of unbranched alkanes of at least 4 members (excludes halogenated alkanes) is 12. The average Bonchev–Trinajstić information content (AvgIpc) is 2.50. The van der Waals surface area contributed by atoms with Crippen molar-refractivity contribution in [3.63, 3.8) is 0 Å². The predicted molar refractivity (Wildman–Crippen MR) is 89.3 cm³/mol. The molecule has 0 aromatic carbocycles. The number of hydrogen-bond donors (Lipinski definition) is 3. The smallest absolute Gasteiger partial charge is 0.303 e. The molecule has 0 amide bonds. The Bertz CT molecular complexity index is 273. The predicted octanol–water partition coefficient (Wildman–Crippen LogP) is 4.36. The van der Waals surface area contributed by atoms with E-state index in [-0.39, 0.29) is 0 Å². The van der Waals surface area contributed by atoms with Gasteiger partial charge in [0, 0.05) is 13.0 Å². The summed E-state index contributed by atoms with van der Waals surface area (Å²) >= 11 is 0. The van der Waals surface area contributed by atoms with Crippen molar-refractivity contribution in [2.24, 2.45) is 16.3 Å². The zero-order valence-electron chi connectivity index (χ0n) is 13.9. The van der Waals surface area contributed by atoms with Crippen LogP contribution in [0.25, 0.3) is 0 Å². The zero-order chi connectivity index (χ0) is 16.3. The Balaban J connectivity index is 2.98. The lowest BCUT2D eigenvalue weighted by Crippen LogP contribution is -2.06. The first-order chi connectivity index (χ1) is 10.8. The molecule has 0 heterocycles. The molecule has 130 valence electrons. The average molecular weight is 314 g/mol. The lowest BCUT2D eigenvalue weighted by Gasteiger charge is -2.03. The van der Waals surface area contributed by atoms with Gasteiger partial charge in [-0.15, -0.1) is 0 Å². The standard InChI is InChI=1S/C16H34N4O2/c17-19-20-18-15-13-11-9-7-5-3-1-2-4-6-8-10-12-14-16(21)22/h1-15H2,(H2,17,20)(H,18,19)(H,21,22). The monoisotopic (exact) mass is 314 g/mol. The van der Waals surface area contributed by atoms with Crippen molar-refractivity contribution < 1.29 is 9.90 Å². The summed E-state index contributed by atoms with van der Waals surface area (Å²) in [6.07, 6.45) is 16.3. The Morgan fingerprint density at radius 1 is 0.773 bits per heavy atom. The number of rotatable bonds is 17. The molecule has 0 aromatic rings. The van der Waals surface area contributed by atoms with E-state index in [0.717, 1.165) is 25.8 Å². The number of nitrogens with one attached hydrogen (secondary N) is 1. The molecule has 4 N–H and O–H groups in total. The molecule has 0 aliphatic rings. The summed E-state index contributed by atoms with van der Waals surface area (Å²) in [5, 5.41) is 15.2. The molecule has 0 aliphatic heterocycles. The second kappa shape index (κ2) is 17.7. The molecular formula is C16H34N4O2. The SMILES string of the molecule is NN=NNCCCCCCCCCCCCCCCC(=O)O. The fourth-order valence-electron chi connectivity index (χ4n) is 2.52. The Morgan fingerprint density at radius 3 is 1.59 bits per heavy atom. The van der Waals surface area contributed by atoms with E-state index in [1.807, 2.05) is 0 Å². The van der Waals surface area contributed by atoms with Gasteiger partial charge < -0.3 is 10.9 Å². The molecule has 0 radical (unpaired) electrons. The third-order valence-electron chi connectivity index (χ3n) is 3.81. The van der Waals surface area contributed by atoms with Crippen LogP contribution < -0.4 is 11.3 Å². The van der Waals surface area contributed by atoms with Crippen LogP contribution in [0.1, 0.15) is 89.9 Å². The van der Waals surface area contributed by atoms with E-state index in [1.54, 1.807) is 0 Å². The first-order valence-electron chi connectivity index (χ1n) is 8.82. The number of nitrogens with zero attached hydrogens (tertiary/aromatic N) is 2. The molecule has 0 bridgehead atoms. The van der Waals surface area contributed by atoms with Gasteiger partial charge in [0.25, 0.3) is 0 Å². The maximum Gasteiger partial charge on any atom is 0.303 e. The van der Waals surface area contributed by atoms with Gasteiger partial charge in [-0.2, -0.15) is 0 Å². The quantitative estimate of drug-likeness (QED) is 0.161. The Kier molecular flexibility index (Phi) is 16.6. The van der Waals surface area contributed by atoms with Crippen LogP contribution in [0.5, 0.6) is 0 Å². The molecule has 0 saturated carbocycles. The van der Waals surface area contributed by atoms with E-state index in [4.69, 9.17) is 10.9 Å². The molecule has 0 fully saturated rings. The Labute approximate surface area is 134 Å². The summed E-state index contributed by atoms with van der Waals surface area (Å²) in [6, 6.07) is 0. The van der Waals surface area contributed by atoms with Crippen LogP contribution in [0.2, 0.25) is 0 Å².